The molecular formula is C13H22N6O2. The first kappa shape index (κ1) is 14.3. The summed E-state index contributed by atoms with van der Waals surface area (Å²) in [6.45, 7) is 4.54. The number of morpholine rings is 1. The Morgan fingerprint density at radius 3 is 2.76 bits per heavy atom. The molecule has 0 aliphatic carbocycles. The lowest BCUT2D eigenvalue weighted by Crippen LogP contribution is -2.38. The molecule has 2 aliphatic heterocycles. The highest BCUT2D eigenvalue weighted by Crippen LogP contribution is 2.18. The molecule has 0 spiro atoms. The Labute approximate surface area is 124 Å². The lowest BCUT2D eigenvalue weighted by Gasteiger charge is -2.28. The van der Waals surface area contributed by atoms with Gasteiger partial charge < -0.3 is 25.0 Å². The third-order valence-electron chi connectivity index (χ3n) is 3.77. The van der Waals surface area contributed by atoms with Crippen LogP contribution in [-0.4, -0.2) is 67.6 Å². The first-order chi connectivity index (χ1) is 10.2. The predicted octanol–water partition coefficient (Wildman–Crippen LogP) is -0.0944. The minimum atomic E-state index is 0.250. The lowest BCUT2D eigenvalue weighted by molar-refractivity contribution is 0.116. The van der Waals surface area contributed by atoms with E-state index in [1.165, 1.54) is 0 Å². The first-order valence-electron chi connectivity index (χ1n) is 7.39. The van der Waals surface area contributed by atoms with Gasteiger partial charge in [-0.1, -0.05) is 0 Å². The number of aromatic nitrogens is 3. The van der Waals surface area contributed by atoms with Gasteiger partial charge in [0.15, 0.2) is 0 Å². The van der Waals surface area contributed by atoms with Gasteiger partial charge in [-0.15, -0.1) is 0 Å². The van der Waals surface area contributed by atoms with Crippen LogP contribution >= 0.6 is 0 Å². The van der Waals surface area contributed by atoms with Gasteiger partial charge in [0.25, 0.3) is 0 Å². The fraction of sp³-hybridized carbons (Fsp3) is 0.769. The van der Waals surface area contributed by atoms with Crippen molar-refractivity contribution in [3.8, 4) is 0 Å². The average Bonchev–Trinajstić information content (AvgIpc) is 3.00. The van der Waals surface area contributed by atoms with Crippen LogP contribution in [0.15, 0.2) is 0 Å². The van der Waals surface area contributed by atoms with Crippen molar-refractivity contribution in [1.82, 2.24) is 15.0 Å². The van der Waals surface area contributed by atoms with Crippen molar-refractivity contribution < 1.29 is 9.47 Å². The van der Waals surface area contributed by atoms with Gasteiger partial charge in [-0.05, 0) is 12.8 Å². The van der Waals surface area contributed by atoms with Crippen LogP contribution in [0.1, 0.15) is 12.8 Å². The molecule has 2 aliphatic rings. The number of nitrogens with two attached hydrogens (primary N) is 1. The normalized spacial score (nSPS) is 22.5. The fourth-order valence-corrected chi connectivity index (χ4v) is 2.62. The van der Waals surface area contributed by atoms with E-state index >= 15 is 0 Å². The van der Waals surface area contributed by atoms with Crippen molar-refractivity contribution >= 4 is 17.8 Å². The Hall–Kier alpha value is -1.67. The monoisotopic (exact) mass is 294 g/mol. The Morgan fingerprint density at radius 2 is 2.05 bits per heavy atom. The average molecular weight is 294 g/mol. The van der Waals surface area contributed by atoms with Crippen molar-refractivity contribution in [1.29, 1.82) is 0 Å². The summed E-state index contributed by atoms with van der Waals surface area (Å²) < 4.78 is 11.0. The minimum absolute atomic E-state index is 0.250. The molecule has 0 radical (unpaired) electrons. The molecular weight excluding hydrogens is 272 g/mol. The van der Waals surface area contributed by atoms with E-state index < -0.39 is 0 Å². The Bertz CT molecular complexity index is 474. The maximum Gasteiger partial charge on any atom is 0.232 e. The second-order valence-electron chi connectivity index (χ2n) is 5.41. The van der Waals surface area contributed by atoms with Gasteiger partial charge in [0.1, 0.15) is 0 Å². The van der Waals surface area contributed by atoms with E-state index in [1.54, 1.807) is 0 Å². The number of nitrogens with zero attached hydrogens (tertiary/aromatic N) is 5. The fourth-order valence-electron chi connectivity index (χ4n) is 2.62. The predicted molar refractivity (Wildman–Crippen MR) is 79.5 cm³/mol. The quantitative estimate of drug-likeness (QED) is 0.824. The van der Waals surface area contributed by atoms with Crippen molar-refractivity contribution in [2.24, 2.45) is 0 Å². The molecule has 8 nitrogen and oxygen atoms in total. The third-order valence-corrected chi connectivity index (χ3v) is 3.77. The summed E-state index contributed by atoms with van der Waals surface area (Å²) >= 11 is 0. The van der Waals surface area contributed by atoms with Crippen LogP contribution in [0.3, 0.4) is 0 Å². The van der Waals surface area contributed by atoms with Crippen LogP contribution in [0.5, 0.6) is 0 Å². The van der Waals surface area contributed by atoms with Crippen LogP contribution in [0.25, 0.3) is 0 Å². The summed E-state index contributed by atoms with van der Waals surface area (Å²) in [4.78, 5) is 17.1. The summed E-state index contributed by atoms with van der Waals surface area (Å²) in [5, 5.41) is 0. The number of ether oxygens (including phenoxy) is 2. The van der Waals surface area contributed by atoms with E-state index in [4.69, 9.17) is 15.2 Å². The number of hydrogen-bond acceptors (Lipinski definition) is 8. The SMILES string of the molecule is CN(CC1CCCO1)c1nc(N)nc(N2CCOCC2)n1. The maximum absolute atomic E-state index is 5.83. The highest BCUT2D eigenvalue weighted by Gasteiger charge is 2.21. The molecule has 0 aromatic carbocycles. The van der Waals surface area contributed by atoms with Gasteiger partial charge in [-0.3, -0.25) is 0 Å². The van der Waals surface area contributed by atoms with E-state index in [0.29, 0.717) is 25.1 Å². The smallest absolute Gasteiger partial charge is 0.232 e. The summed E-state index contributed by atoms with van der Waals surface area (Å²) in [5.74, 6) is 1.47. The Balaban J connectivity index is 1.73. The molecule has 0 amide bonds. The largest absolute Gasteiger partial charge is 0.378 e. The molecule has 21 heavy (non-hydrogen) atoms. The van der Waals surface area contributed by atoms with Gasteiger partial charge in [0.05, 0.1) is 19.3 Å². The van der Waals surface area contributed by atoms with Crippen LogP contribution in [0.4, 0.5) is 17.8 Å². The number of hydrogen-bond donors (Lipinski definition) is 1. The van der Waals surface area contributed by atoms with Crippen molar-refractivity contribution in [3.63, 3.8) is 0 Å². The van der Waals surface area contributed by atoms with Gasteiger partial charge >= 0.3 is 0 Å². The standard InChI is InChI=1S/C13H22N6O2/c1-18(9-10-3-2-6-21-10)12-15-11(14)16-13(17-12)19-4-7-20-8-5-19/h10H,2-9H2,1H3,(H2,14,15,16,17). The molecule has 2 fully saturated rings. The van der Waals surface area contributed by atoms with E-state index in [2.05, 4.69) is 19.9 Å². The Kier molecular flexibility index (Phi) is 4.35. The molecule has 0 saturated carbocycles. The molecule has 2 saturated heterocycles. The Morgan fingerprint density at radius 1 is 1.24 bits per heavy atom. The highest BCUT2D eigenvalue weighted by molar-refractivity contribution is 5.43. The molecule has 1 unspecified atom stereocenters. The van der Waals surface area contributed by atoms with E-state index in [-0.39, 0.29) is 12.1 Å². The van der Waals surface area contributed by atoms with Crippen LogP contribution < -0.4 is 15.5 Å². The first-order valence-corrected chi connectivity index (χ1v) is 7.39. The molecule has 3 rings (SSSR count). The molecule has 2 N–H and O–H groups in total. The molecule has 1 aromatic heterocycles. The van der Waals surface area contributed by atoms with E-state index in [0.717, 1.165) is 39.1 Å². The number of anilines is 3. The van der Waals surface area contributed by atoms with Crippen molar-refractivity contribution in [2.45, 2.75) is 18.9 Å². The van der Waals surface area contributed by atoms with Gasteiger partial charge in [0.2, 0.25) is 17.8 Å². The van der Waals surface area contributed by atoms with Crippen LogP contribution in [0.2, 0.25) is 0 Å². The molecule has 1 aromatic rings. The topological polar surface area (TPSA) is 89.6 Å². The second-order valence-corrected chi connectivity index (χ2v) is 5.41. The third kappa shape index (κ3) is 3.51. The lowest BCUT2D eigenvalue weighted by atomic mass is 10.2. The number of rotatable bonds is 4. The van der Waals surface area contributed by atoms with E-state index in [1.807, 2.05) is 11.9 Å². The van der Waals surface area contributed by atoms with Crippen molar-refractivity contribution in [2.75, 3.05) is 62.0 Å². The van der Waals surface area contributed by atoms with Crippen molar-refractivity contribution in [3.05, 3.63) is 0 Å². The number of likely N-dealkylation sites (N-methyl/N-ethyl adjacent to an activating group) is 1. The summed E-state index contributed by atoms with van der Waals surface area (Å²) in [6.07, 6.45) is 2.46. The number of nitrogen functional groups attached to an aromatic ring is 1. The van der Waals surface area contributed by atoms with E-state index in [9.17, 15) is 0 Å². The van der Waals surface area contributed by atoms with Gasteiger partial charge in [0, 0.05) is 33.3 Å². The summed E-state index contributed by atoms with van der Waals surface area (Å²) in [5.41, 5.74) is 5.83. The minimum Gasteiger partial charge on any atom is -0.378 e. The van der Waals surface area contributed by atoms with Gasteiger partial charge in [-0.25, -0.2) is 0 Å². The molecule has 8 heteroatoms. The zero-order valence-corrected chi connectivity index (χ0v) is 12.4. The molecule has 0 bridgehead atoms. The van der Waals surface area contributed by atoms with Crippen LogP contribution in [-0.2, 0) is 9.47 Å². The molecule has 116 valence electrons. The molecule has 1 atom stereocenters. The summed E-state index contributed by atoms with van der Waals surface area (Å²) in [7, 11) is 1.96. The van der Waals surface area contributed by atoms with Crippen LogP contribution in [0, 0.1) is 0 Å². The zero-order chi connectivity index (χ0) is 14.7. The second kappa shape index (κ2) is 6.40. The molecule has 3 heterocycles. The maximum atomic E-state index is 5.83. The zero-order valence-electron chi connectivity index (χ0n) is 12.4. The highest BCUT2D eigenvalue weighted by atomic mass is 16.5. The summed E-state index contributed by atoms with van der Waals surface area (Å²) in [6, 6.07) is 0. The van der Waals surface area contributed by atoms with Gasteiger partial charge in [-0.2, -0.15) is 15.0 Å².